The molecule has 0 aliphatic rings. The van der Waals surface area contributed by atoms with Gasteiger partial charge in [-0.2, -0.15) is 10.2 Å². The SMILES string of the molecule is CCCCCn1nc(C)c(C=NNc2nc(C)cc(=O)[nH]2)c1C. The molecule has 0 aromatic carbocycles. The van der Waals surface area contributed by atoms with Gasteiger partial charge in [0.25, 0.3) is 5.56 Å². The zero-order chi connectivity index (χ0) is 16.8. The third-order valence-electron chi connectivity index (χ3n) is 3.64. The van der Waals surface area contributed by atoms with Crippen molar-refractivity contribution in [2.45, 2.75) is 53.5 Å². The maximum atomic E-state index is 11.4. The smallest absolute Gasteiger partial charge is 0.252 e. The van der Waals surface area contributed by atoms with Crippen LogP contribution in [0.2, 0.25) is 0 Å². The van der Waals surface area contributed by atoms with Gasteiger partial charge in [-0.15, -0.1) is 0 Å². The van der Waals surface area contributed by atoms with E-state index in [0.717, 1.165) is 29.9 Å². The van der Waals surface area contributed by atoms with Crippen LogP contribution >= 0.6 is 0 Å². The van der Waals surface area contributed by atoms with Gasteiger partial charge in [-0.25, -0.2) is 10.4 Å². The van der Waals surface area contributed by atoms with Crippen LogP contribution in [-0.2, 0) is 6.54 Å². The quantitative estimate of drug-likeness (QED) is 0.467. The highest BCUT2D eigenvalue weighted by Gasteiger charge is 2.09. The monoisotopic (exact) mass is 316 g/mol. The number of nitrogens with one attached hydrogen (secondary N) is 2. The molecule has 0 fully saturated rings. The molecule has 0 saturated heterocycles. The average molecular weight is 316 g/mol. The van der Waals surface area contributed by atoms with Gasteiger partial charge in [0.15, 0.2) is 0 Å². The third-order valence-corrected chi connectivity index (χ3v) is 3.64. The van der Waals surface area contributed by atoms with Gasteiger partial charge >= 0.3 is 0 Å². The highest BCUT2D eigenvalue weighted by atomic mass is 16.1. The van der Waals surface area contributed by atoms with E-state index in [-0.39, 0.29) is 5.56 Å². The van der Waals surface area contributed by atoms with Crippen LogP contribution in [0.4, 0.5) is 5.95 Å². The minimum Gasteiger partial charge on any atom is -0.291 e. The van der Waals surface area contributed by atoms with Crippen molar-refractivity contribution in [2.75, 3.05) is 5.43 Å². The molecular weight excluding hydrogens is 292 g/mol. The normalized spacial score (nSPS) is 11.3. The Labute approximate surface area is 135 Å². The molecule has 0 amide bonds. The summed E-state index contributed by atoms with van der Waals surface area (Å²) in [6.45, 7) is 8.89. The van der Waals surface area contributed by atoms with Crippen molar-refractivity contribution in [3.63, 3.8) is 0 Å². The first-order chi connectivity index (χ1) is 11.0. The maximum absolute atomic E-state index is 11.4. The third kappa shape index (κ3) is 4.51. The predicted octanol–water partition coefficient (Wildman–Crippen LogP) is 2.53. The zero-order valence-electron chi connectivity index (χ0n) is 14.2. The van der Waals surface area contributed by atoms with Gasteiger partial charge in [-0.3, -0.25) is 14.5 Å². The van der Waals surface area contributed by atoms with Crippen LogP contribution in [-0.4, -0.2) is 26.0 Å². The van der Waals surface area contributed by atoms with E-state index < -0.39 is 0 Å². The van der Waals surface area contributed by atoms with Gasteiger partial charge in [0, 0.05) is 29.6 Å². The Balaban J connectivity index is 2.08. The van der Waals surface area contributed by atoms with Crippen molar-refractivity contribution >= 4 is 12.2 Å². The Morgan fingerprint density at radius 1 is 1.35 bits per heavy atom. The molecule has 2 aromatic rings. The average Bonchev–Trinajstić information content (AvgIpc) is 2.74. The van der Waals surface area contributed by atoms with Crippen LogP contribution in [0, 0.1) is 20.8 Å². The number of hydrogen-bond acceptors (Lipinski definition) is 5. The van der Waals surface area contributed by atoms with E-state index in [1.54, 1.807) is 13.1 Å². The summed E-state index contributed by atoms with van der Waals surface area (Å²) < 4.78 is 2.03. The molecule has 0 spiro atoms. The van der Waals surface area contributed by atoms with Crippen molar-refractivity contribution in [1.29, 1.82) is 0 Å². The minimum atomic E-state index is -0.202. The number of aromatic amines is 1. The molecule has 0 atom stereocenters. The molecule has 0 aliphatic carbocycles. The number of aryl methyl sites for hydroxylation is 3. The highest BCUT2D eigenvalue weighted by molar-refractivity contribution is 5.82. The van der Waals surface area contributed by atoms with Crippen molar-refractivity contribution in [2.24, 2.45) is 5.10 Å². The van der Waals surface area contributed by atoms with Gasteiger partial charge in [0.2, 0.25) is 5.95 Å². The van der Waals surface area contributed by atoms with Crippen LogP contribution in [0.25, 0.3) is 0 Å². The topological polar surface area (TPSA) is 88.0 Å². The molecule has 0 radical (unpaired) electrons. The van der Waals surface area contributed by atoms with Crippen LogP contribution in [0.5, 0.6) is 0 Å². The standard InChI is InChI=1S/C16H24N6O/c1-5-6-7-8-22-13(4)14(12(3)21-22)10-17-20-16-18-11(2)9-15(23)19-16/h9-10H,5-8H2,1-4H3,(H2,18,19,20,23). The van der Waals surface area contributed by atoms with E-state index in [2.05, 4.69) is 32.5 Å². The first-order valence-electron chi connectivity index (χ1n) is 7.92. The fourth-order valence-corrected chi connectivity index (χ4v) is 2.42. The van der Waals surface area contributed by atoms with E-state index in [4.69, 9.17) is 0 Å². The van der Waals surface area contributed by atoms with Gasteiger partial charge in [-0.05, 0) is 27.2 Å². The number of hydrazone groups is 1. The lowest BCUT2D eigenvalue weighted by Gasteiger charge is -2.03. The summed E-state index contributed by atoms with van der Waals surface area (Å²) in [7, 11) is 0. The summed E-state index contributed by atoms with van der Waals surface area (Å²) in [5, 5.41) is 8.72. The van der Waals surface area contributed by atoms with Gasteiger partial charge in [0.05, 0.1) is 11.9 Å². The van der Waals surface area contributed by atoms with E-state index in [1.165, 1.54) is 18.9 Å². The molecule has 2 N–H and O–H groups in total. The molecule has 124 valence electrons. The first kappa shape index (κ1) is 16.9. The first-order valence-corrected chi connectivity index (χ1v) is 7.92. The van der Waals surface area contributed by atoms with Crippen LogP contribution in [0.3, 0.4) is 0 Å². The second-order valence-electron chi connectivity index (χ2n) is 5.62. The van der Waals surface area contributed by atoms with E-state index in [0.29, 0.717) is 11.6 Å². The molecule has 2 rings (SSSR count). The van der Waals surface area contributed by atoms with E-state index >= 15 is 0 Å². The Morgan fingerprint density at radius 3 is 2.83 bits per heavy atom. The Kier molecular flexibility index (Phi) is 5.67. The second-order valence-corrected chi connectivity index (χ2v) is 5.62. The van der Waals surface area contributed by atoms with Crippen molar-refractivity contribution in [1.82, 2.24) is 19.7 Å². The van der Waals surface area contributed by atoms with Crippen molar-refractivity contribution < 1.29 is 0 Å². The van der Waals surface area contributed by atoms with Crippen LogP contribution < -0.4 is 11.0 Å². The Hall–Kier alpha value is -2.44. The van der Waals surface area contributed by atoms with Crippen molar-refractivity contribution in [3.8, 4) is 0 Å². The molecule has 0 unspecified atom stereocenters. The molecule has 0 bridgehead atoms. The molecular formula is C16H24N6O. The fourth-order valence-electron chi connectivity index (χ4n) is 2.42. The van der Waals surface area contributed by atoms with Crippen LogP contribution in [0.1, 0.15) is 48.8 Å². The van der Waals surface area contributed by atoms with Crippen molar-refractivity contribution in [3.05, 3.63) is 39.1 Å². The largest absolute Gasteiger partial charge is 0.291 e. The lowest BCUT2D eigenvalue weighted by atomic mass is 10.2. The fraction of sp³-hybridized carbons (Fsp3) is 0.500. The summed E-state index contributed by atoms with van der Waals surface area (Å²) >= 11 is 0. The number of rotatable bonds is 7. The molecule has 0 saturated carbocycles. The summed E-state index contributed by atoms with van der Waals surface area (Å²) in [5.41, 5.74) is 6.22. The highest BCUT2D eigenvalue weighted by Crippen LogP contribution is 2.12. The Bertz CT molecular complexity index is 744. The van der Waals surface area contributed by atoms with Gasteiger partial charge in [0.1, 0.15) is 0 Å². The molecule has 23 heavy (non-hydrogen) atoms. The lowest BCUT2D eigenvalue weighted by molar-refractivity contribution is 0.540. The summed E-state index contributed by atoms with van der Waals surface area (Å²) in [4.78, 5) is 18.1. The summed E-state index contributed by atoms with van der Waals surface area (Å²) in [5.74, 6) is 0.330. The molecule has 0 aliphatic heterocycles. The number of anilines is 1. The predicted molar refractivity (Wildman–Crippen MR) is 92.0 cm³/mol. The number of aromatic nitrogens is 4. The van der Waals surface area contributed by atoms with Crippen LogP contribution in [0.15, 0.2) is 16.0 Å². The van der Waals surface area contributed by atoms with Gasteiger partial charge in [-0.1, -0.05) is 19.8 Å². The number of H-pyrrole nitrogens is 1. The minimum absolute atomic E-state index is 0.202. The summed E-state index contributed by atoms with van der Waals surface area (Å²) in [6, 6.07) is 1.43. The van der Waals surface area contributed by atoms with E-state index in [9.17, 15) is 4.79 Å². The lowest BCUT2D eigenvalue weighted by Crippen LogP contribution is -2.10. The second kappa shape index (κ2) is 7.71. The van der Waals surface area contributed by atoms with E-state index in [1.807, 2.05) is 18.5 Å². The molecule has 2 heterocycles. The summed E-state index contributed by atoms with van der Waals surface area (Å²) in [6.07, 6.45) is 5.24. The zero-order valence-corrected chi connectivity index (χ0v) is 14.2. The Morgan fingerprint density at radius 2 is 2.13 bits per heavy atom. The molecule has 7 heteroatoms. The van der Waals surface area contributed by atoms with Gasteiger partial charge < -0.3 is 0 Å². The molecule has 2 aromatic heterocycles. The number of unbranched alkanes of at least 4 members (excludes halogenated alkanes) is 2. The molecule has 7 nitrogen and oxygen atoms in total. The number of nitrogens with zero attached hydrogens (tertiary/aromatic N) is 4. The number of hydrogen-bond donors (Lipinski definition) is 2. The maximum Gasteiger partial charge on any atom is 0.252 e.